The maximum Gasteiger partial charge on any atom is 0.192 e. The van der Waals surface area contributed by atoms with Crippen molar-refractivity contribution in [3.63, 3.8) is 0 Å². The molecule has 320 valence electrons. The molecule has 4 aliphatic carbocycles. The average molecular weight is 819 g/mol. The zero-order valence-corrected chi connectivity index (χ0v) is 41.7. The second kappa shape index (κ2) is 19.5. The van der Waals surface area contributed by atoms with Crippen LogP contribution in [0.1, 0.15) is 148 Å². The highest BCUT2D eigenvalue weighted by Crippen LogP contribution is 2.67. The summed E-state index contributed by atoms with van der Waals surface area (Å²) in [5.41, 5.74) is 3.44. The Kier molecular flexibility index (Phi) is 16.9. The number of allylic oxidation sites excluding steroid dienone is 3. The first-order valence-corrected chi connectivity index (χ1v) is 31.3. The van der Waals surface area contributed by atoms with E-state index in [0.717, 1.165) is 54.5 Å². The molecule has 0 amide bonds. The third-order valence-electron chi connectivity index (χ3n) is 17.4. The Morgan fingerprint density at radius 1 is 0.764 bits per heavy atom. The summed E-state index contributed by atoms with van der Waals surface area (Å²) in [7, 11) is -5.59. The van der Waals surface area contributed by atoms with Crippen molar-refractivity contribution in [3.8, 4) is 0 Å². The van der Waals surface area contributed by atoms with Gasteiger partial charge in [-0.05, 0) is 136 Å². The second-order valence-corrected chi connectivity index (χ2v) is 34.0. The Bertz CT molecular complexity index is 1250. The molecule has 0 spiro atoms. The van der Waals surface area contributed by atoms with E-state index in [9.17, 15) is 5.11 Å². The van der Waals surface area contributed by atoms with Gasteiger partial charge in [0.2, 0.25) is 0 Å². The smallest absolute Gasteiger partial charge is 0.192 e. The fraction of sp³-hybridized carbons (Fsp3) is 0.915. The van der Waals surface area contributed by atoms with Crippen molar-refractivity contribution in [3.05, 3.63) is 23.3 Å². The quantitative estimate of drug-likeness (QED) is 0.104. The van der Waals surface area contributed by atoms with Gasteiger partial charge in [0, 0.05) is 5.41 Å². The molecule has 4 aliphatic rings. The van der Waals surface area contributed by atoms with E-state index < -0.39 is 25.0 Å². The Hall–Kier alpha value is -0.0694. The van der Waals surface area contributed by atoms with Crippen molar-refractivity contribution in [1.29, 1.82) is 0 Å². The standard InChI is InChI=1S/C47H90O5Si3/c1-15-53(16-2,17-3)50-42-35-37-26-27-38-40-29-28-39(36(10)25-24-31-45(11,12)52-55(21-7,22-8)23-9)46(40,13)32-30-41(38)47(37,14)44(43(42)49-34-33-48)51-54(18-4,19-5)20-6/h26-27,36,39-44,48H,15-25,28-35H2,1-14H3/t36-,39-,40+,41+,42-,43-,44+,46-,47+/m1/s1. The molecule has 4 rings (SSSR count). The minimum atomic E-state index is -2.03. The van der Waals surface area contributed by atoms with Gasteiger partial charge in [-0.1, -0.05) is 119 Å². The van der Waals surface area contributed by atoms with Gasteiger partial charge in [-0.15, -0.1) is 0 Å². The van der Waals surface area contributed by atoms with Crippen LogP contribution >= 0.6 is 0 Å². The summed E-state index contributed by atoms with van der Waals surface area (Å²) < 4.78 is 29.1. The third-order valence-corrected chi connectivity index (χ3v) is 31.5. The number of rotatable bonds is 23. The van der Waals surface area contributed by atoms with E-state index in [0.29, 0.717) is 23.9 Å². The molecule has 1 N–H and O–H groups in total. The Balaban J connectivity index is 1.65. The van der Waals surface area contributed by atoms with E-state index in [2.05, 4.69) is 109 Å². The first-order chi connectivity index (χ1) is 26.1. The molecule has 0 saturated heterocycles. The van der Waals surface area contributed by atoms with Crippen molar-refractivity contribution in [2.45, 2.75) is 227 Å². The predicted molar refractivity (Wildman–Crippen MR) is 242 cm³/mol. The summed E-state index contributed by atoms with van der Waals surface area (Å²) in [6.45, 7) is 34.1. The van der Waals surface area contributed by atoms with Gasteiger partial charge in [0.25, 0.3) is 0 Å². The zero-order chi connectivity index (χ0) is 40.9. The van der Waals surface area contributed by atoms with E-state index in [1.807, 2.05) is 0 Å². The molecule has 0 bridgehead atoms. The number of aliphatic hydroxyl groups is 1. The van der Waals surface area contributed by atoms with Gasteiger partial charge in [-0.25, -0.2) is 0 Å². The Morgan fingerprint density at radius 2 is 1.33 bits per heavy atom. The summed E-state index contributed by atoms with van der Waals surface area (Å²) in [4.78, 5) is 0. The summed E-state index contributed by atoms with van der Waals surface area (Å²) >= 11 is 0. The van der Waals surface area contributed by atoms with Crippen molar-refractivity contribution >= 4 is 25.0 Å². The van der Waals surface area contributed by atoms with E-state index in [-0.39, 0.29) is 35.9 Å². The fourth-order valence-electron chi connectivity index (χ4n) is 12.9. The molecule has 8 heteroatoms. The molecule has 0 heterocycles. The minimum absolute atomic E-state index is 0.0248. The molecule has 3 saturated carbocycles. The van der Waals surface area contributed by atoms with E-state index >= 15 is 0 Å². The molecule has 5 nitrogen and oxygen atoms in total. The molecule has 0 aliphatic heterocycles. The van der Waals surface area contributed by atoms with Crippen LogP contribution in [0, 0.1) is 34.5 Å². The minimum Gasteiger partial charge on any atom is -0.412 e. The molecule has 0 aromatic heterocycles. The normalized spacial score (nSPS) is 32.1. The van der Waals surface area contributed by atoms with Gasteiger partial charge >= 0.3 is 0 Å². The second-order valence-electron chi connectivity index (χ2n) is 19.9. The Morgan fingerprint density at radius 3 is 1.87 bits per heavy atom. The highest BCUT2D eigenvalue weighted by atomic mass is 28.4. The average Bonchev–Trinajstić information content (AvgIpc) is 3.55. The number of fused-ring (bicyclic) bond motifs is 5. The van der Waals surface area contributed by atoms with Gasteiger partial charge in [-0.3, -0.25) is 0 Å². The third kappa shape index (κ3) is 9.47. The van der Waals surface area contributed by atoms with Crippen molar-refractivity contribution in [2.75, 3.05) is 13.2 Å². The van der Waals surface area contributed by atoms with Crippen molar-refractivity contribution < 1.29 is 23.1 Å². The number of hydrogen-bond acceptors (Lipinski definition) is 5. The lowest BCUT2D eigenvalue weighted by Crippen LogP contribution is -2.64. The SMILES string of the molecule is CC[Si](CC)(CC)O[C@@H]1CC2=CC=C3[C@@H]4CC[C@H]([C@H](C)CCCC(C)(C)O[Si](CC)(CC)CC)[C@@]4(C)CC[C@@H]3[C@@]2(C)[C@@H](O[Si](CC)(CC)CC)[C@@H]1OCCO. The van der Waals surface area contributed by atoms with Crippen LogP contribution in [-0.2, 0) is 18.0 Å². The molecule has 0 unspecified atom stereocenters. The number of aliphatic hydroxyl groups excluding tert-OH is 1. The number of ether oxygens (including phenoxy) is 1. The van der Waals surface area contributed by atoms with Gasteiger partial charge in [0.15, 0.2) is 25.0 Å². The fourth-order valence-corrected chi connectivity index (χ4v) is 21.9. The molecule has 0 aromatic rings. The lowest BCUT2D eigenvalue weighted by atomic mass is 9.49. The highest BCUT2D eigenvalue weighted by molar-refractivity contribution is 6.74. The molecular weight excluding hydrogens is 729 g/mol. The topological polar surface area (TPSA) is 57.2 Å². The van der Waals surface area contributed by atoms with Crippen molar-refractivity contribution in [2.24, 2.45) is 34.5 Å². The molecule has 0 radical (unpaired) electrons. The van der Waals surface area contributed by atoms with Crippen LogP contribution in [0.2, 0.25) is 54.4 Å². The monoisotopic (exact) mass is 819 g/mol. The zero-order valence-electron chi connectivity index (χ0n) is 38.7. The highest BCUT2D eigenvalue weighted by Gasteiger charge is 2.63. The molecular formula is C47H90O5Si3. The van der Waals surface area contributed by atoms with Gasteiger partial charge in [0.05, 0.1) is 31.0 Å². The van der Waals surface area contributed by atoms with E-state index in [1.54, 1.807) is 5.57 Å². The van der Waals surface area contributed by atoms with E-state index in [1.165, 1.54) is 68.7 Å². The summed E-state index contributed by atoms with van der Waals surface area (Å²) in [5, 5.41) is 10.2. The van der Waals surface area contributed by atoms with Crippen LogP contribution in [0.5, 0.6) is 0 Å². The van der Waals surface area contributed by atoms with Crippen LogP contribution in [0.15, 0.2) is 23.3 Å². The first-order valence-electron chi connectivity index (χ1n) is 23.7. The largest absolute Gasteiger partial charge is 0.412 e. The van der Waals surface area contributed by atoms with E-state index in [4.69, 9.17) is 18.0 Å². The predicted octanol–water partition coefficient (Wildman–Crippen LogP) is 13.5. The van der Waals surface area contributed by atoms with Crippen LogP contribution in [0.4, 0.5) is 0 Å². The molecule has 55 heavy (non-hydrogen) atoms. The van der Waals surface area contributed by atoms with Gasteiger partial charge in [0.1, 0.15) is 6.10 Å². The maximum absolute atomic E-state index is 10.2. The lowest BCUT2D eigenvalue weighted by molar-refractivity contribution is -0.154. The molecule has 9 atom stereocenters. The summed E-state index contributed by atoms with van der Waals surface area (Å²) in [5.74, 6) is 2.59. The Labute approximate surface area is 344 Å². The van der Waals surface area contributed by atoms with Crippen LogP contribution < -0.4 is 0 Å². The first kappa shape index (κ1) is 47.6. The van der Waals surface area contributed by atoms with Crippen LogP contribution in [0.3, 0.4) is 0 Å². The number of hydrogen-bond donors (Lipinski definition) is 1. The lowest BCUT2D eigenvalue weighted by Gasteiger charge is -2.61. The van der Waals surface area contributed by atoms with Gasteiger partial charge in [-0.2, -0.15) is 0 Å². The van der Waals surface area contributed by atoms with Gasteiger partial charge < -0.3 is 23.1 Å². The molecule has 0 aromatic carbocycles. The van der Waals surface area contributed by atoms with Crippen molar-refractivity contribution in [1.82, 2.24) is 0 Å². The summed E-state index contributed by atoms with van der Waals surface area (Å²) in [6, 6.07) is 10.4. The summed E-state index contributed by atoms with van der Waals surface area (Å²) in [6.07, 6.45) is 14.7. The van der Waals surface area contributed by atoms with Crippen LogP contribution in [-0.4, -0.2) is 67.2 Å². The van der Waals surface area contributed by atoms with Crippen LogP contribution in [0.25, 0.3) is 0 Å². The molecule has 3 fully saturated rings. The maximum atomic E-state index is 10.2.